The summed E-state index contributed by atoms with van der Waals surface area (Å²) in [5.74, 6) is -0.160. The number of carbonyl (C=O) groups excluding carboxylic acids is 3. The molecule has 36 heavy (non-hydrogen) atoms. The van der Waals surface area contributed by atoms with Crippen LogP contribution >= 0.6 is 34.4 Å². The molecule has 0 spiro atoms. The molecule has 6 nitrogen and oxygen atoms in total. The van der Waals surface area contributed by atoms with E-state index < -0.39 is 17.1 Å². The van der Waals surface area contributed by atoms with Crippen molar-refractivity contribution in [2.24, 2.45) is 0 Å². The van der Waals surface area contributed by atoms with Gasteiger partial charge >= 0.3 is 0 Å². The minimum atomic E-state index is -0.477. The fourth-order valence-electron chi connectivity index (χ4n) is 3.64. The number of nitrogens with zero attached hydrogens (tertiary/aromatic N) is 1. The van der Waals surface area contributed by atoms with Crippen molar-refractivity contribution in [3.05, 3.63) is 97.0 Å². The Hall–Kier alpha value is -3.11. The minimum absolute atomic E-state index is 0.281. The smallest absolute Gasteiger partial charge is 0.294 e. The van der Waals surface area contributed by atoms with Gasteiger partial charge in [-0.05, 0) is 108 Å². The van der Waals surface area contributed by atoms with Crippen LogP contribution in [-0.2, 0) is 16.2 Å². The van der Waals surface area contributed by atoms with Crippen molar-refractivity contribution in [1.82, 2.24) is 4.90 Å². The Balaban J connectivity index is 1.39. The van der Waals surface area contributed by atoms with E-state index in [-0.39, 0.29) is 11.4 Å². The first-order chi connectivity index (χ1) is 17.2. The fourth-order valence-corrected chi connectivity index (χ4v) is 5.17. The lowest BCUT2D eigenvalue weighted by atomic mass is 10.1. The lowest BCUT2D eigenvalue weighted by Gasteiger charge is -2.13. The summed E-state index contributed by atoms with van der Waals surface area (Å²) in [4.78, 5) is 39.1. The minimum Gasteiger partial charge on any atom is -0.488 e. The van der Waals surface area contributed by atoms with Crippen molar-refractivity contribution < 1.29 is 19.1 Å². The third-order valence-corrected chi connectivity index (χ3v) is 7.45. The molecule has 0 aliphatic carbocycles. The highest BCUT2D eigenvalue weighted by atomic mass is 127. The largest absolute Gasteiger partial charge is 0.488 e. The molecule has 0 atom stereocenters. The number of carbonyl (C=O) groups is 3. The van der Waals surface area contributed by atoms with Gasteiger partial charge < -0.3 is 10.1 Å². The number of halogens is 1. The molecule has 0 radical (unpaired) electrons. The number of thioether (sulfide) groups is 1. The molecule has 0 bridgehead atoms. The number of amides is 3. The molecule has 4 rings (SSSR count). The Labute approximate surface area is 228 Å². The number of nitrogens with one attached hydrogen (secondary N) is 1. The van der Waals surface area contributed by atoms with Gasteiger partial charge in [-0.15, -0.1) is 0 Å². The molecule has 1 aliphatic heterocycles. The number of aryl methyl sites for hydroxylation is 3. The van der Waals surface area contributed by atoms with E-state index in [0.717, 1.165) is 48.2 Å². The number of imide groups is 1. The topological polar surface area (TPSA) is 75.7 Å². The van der Waals surface area contributed by atoms with Gasteiger partial charge in [-0.1, -0.05) is 42.0 Å². The van der Waals surface area contributed by atoms with Crippen LogP contribution in [0.25, 0.3) is 6.08 Å². The molecule has 0 saturated carbocycles. The number of ether oxygens (including phenoxy) is 1. The summed E-state index contributed by atoms with van der Waals surface area (Å²) in [6.07, 6.45) is 1.67. The van der Waals surface area contributed by atoms with E-state index in [1.54, 1.807) is 12.1 Å². The zero-order valence-electron chi connectivity index (χ0n) is 20.1. The van der Waals surface area contributed by atoms with Crippen LogP contribution in [0.2, 0.25) is 0 Å². The van der Waals surface area contributed by atoms with E-state index in [1.165, 1.54) is 5.56 Å². The predicted octanol–water partition coefficient (Wildman–Crippen LogP) is 6.47. The second-order valence-corrected chi connectivity index (χ2v) is 10.7. The van der Waals surface area contributed by atoms with Crippen LogP contribution in [0.4, 0.5) is 10.5 Å². The van der Waals surface area contributed by atoms with Crippen LogP contribution in [0.5, 0.6) is 5.75 Å². The maximum absolute atomic E-state index is 12.9. The molecule has 8 heteroatoms. The van der Waals surface area contributed by atoms with Crippen molar-refractivity contribution in [1.29, 1.82) is 0 Å². The van der Waals surface area contributed by atoms with Gasteiger partial charge in [-0.25, -0.2) is 0 Å². The summed E-state index contributed by atoms with van der Waals surface area (Å²) in [5, 5.41) is 2.29. The predicted molar refractivity (Wildman–Crippen MR) is 152 cm³/mol. The number of benzene rings is 3. The molecule has 1 N–H and O–H groups in total. The highest BCUT2D eigenvalue weighted by Crippen LogP contribution is 2.33. The second kappa shape index (κ2) is 11.3. The van der Waals surface area contributed by atoms with Crippen LogP contribution in [-0.4, -0.2) is 28.5 Å². The Morgan fingerprint density at radius 3 is 2.56 bits per heavy atom. The lowest BCUT2D eigenvalue weighted by molar-refractivity contribution is -0.127. The van der Waals surface area contributed by atoms with E-state index in [9.17, 15) is 14.4 Å². The first kappa shape index (κ1) is 26.0. The highest BCUT2D eigenvalue weighted by molar-refractivity contribution is 14.1. The van der Waals surface area contributed by atoms with Crippen molar-refractivity contribution in [3.63, 3.8) is 0 Å². The first-order valence-corrected chi connectivity index (χ1v) is 13.2. The third-order valence-electron chi connectivity index (χ3n) is 5.70. The molecule has 0 aromatic heterocycles. The zero-order chi connectivity index (χ0) is 25.8. The SMILES string of the molecule is Cc1cccc(COc2ccc(/C=C3/SC(=O)N(CC(=O)Nc4ccc(C)c(C)c4)C3=O)cc2I)c1. The normalized spacial score (nSPS) is 14.4. The van der Waals surface area contributed by atoms with E-state index in [1.807, 2.05) is 69.3 Å². The van der Waals surface area contributed by atoms with Gasteiger partial charge in [0, 0.05) is 5.69 Å². The van der Waals surface area contributed by atoms with Crippen LogP contribution < -0.4 is 10.1 Å². The molecule has 3 aromatic carbocycles. The molecule has 1 fully saturated rings. The standard InChI is InChI=1S/C28H25IN2O4S/c1-17-5-4-6-21(11-17)16-35-24-10-8-20(13-23(24)29)14-25-27(33)31(28(34)36-25)15-26(32)30-22-9-7-18(2)19(3)12-22/h4-14H,15-16H2,1-3H3,(H,30,32)/b25-14+. The van der Waals surface area contributed by atoms with Gasteiger partial charge in [0.1, 0.15) is 18.9 Å². The highest BCUT2D eigenvalue weighted by Gasteiger charge is 2.36. The first-order valence-electron chi connectivity index (χ1n) is 11.3. The van der Waals surface area contributed by atoms with Gasteiger partial charge in [0.05, 0.1) is 8.48 Å². The van der Waals surface area contributed by atoms with Gasteiger partial charge in [-0.2, -0.15) is 0 Å². The van der Waals surface area contributed by atoms with Crippen molar-refractivity contribution in [3.8, 4) is 5.75 Å². The summed E-state index contributed by atoms with van der Waals surface area (Å²) in [6, 6.07) is 19.3. The molecule has 3 aromatic rings. The Morgan fingerprint density at radius 2 is 1.83 bits per heavy atom. The Bertz CT molecular complexity index is 1390. The molecule has 1 aliphatic rings. The average molecular weight is 612 g/mol. The lowest BCUT2D eigenvalue weighted by Crippen LogP contribution is -2.36. The summed E-state index contributed by atoms with van der Waals surface area (Å²) < 4.78 is 6.85. The maximum atomic E-state index is 12.9. The van der Waals surface area contributed by atoms with E-state index in [4.69, 9.17) is 4.74 Å². The van der Waals surface area contributed by atoms with Crippen molar-refractivity contribution >= 4 is 63.2 Å². The van der Waals surface area contributed by atoms with E-state index in [2.05, 4.69) is 34.0 Å². The van der Waals surface area contributed by atoms with Crippen LogP contribution in [0.1, 0.15) is 27.8 Å². The number of hydrogen-bond acceptors (Lipinski definition) is 5. The summed E-state index contributed by atoms with van der Waals surface area (Å²) in [5.41, 5.74) is 5.83. The Kier molecular flexibility index (Phi) is 8.15. The van der Waals surface area contributed by atoms with Gasteiger partial charge in [0.15, 0.2) is 0 Å². The summed E-state index contributed by atoms with van der Waals surface area (Å²) in [6.45, 7) is 6.11. The molecule has 1 saturated heterocycles. The third kappa shape index (κ3) is 6.36. The monoisotopic (exact) mass is 612 g/mol. The molecule has 3 amide bonds. The molecular weight excluding hydrogens is 587 g/mol. The number of hydrogen-bond donors (Lipinski definition) is 1. The van der Waals surface area contributed by atoms with E-state index >= 15 is 0 Å². The maximum Gasteiger partial charge on any atom is 0.294 e. The van der Waals surface area contributed by atoms with Crippen LogP contribution in [0, 0.1) is 24.3 Å². The molecular formula is C28H25IN2O4S. The van der Waals surface area contributed by atoms with Crippen molar-refractivity contribution in [2.45, 2.75) is 27.4 Å². The van der Waals surface area contributed by atoms with Crippen molar-refractivity contribution in [2.75, 3.05) is 11.9 Å². The second-order valence-electron chi connectivity index (χ2n) is 8.58. The molecule has 1 heterocycles. The summed E-state index contributed by atoms with van der Waals surface area (Å²) >= 11 is 3.02. The number of rotatable bonds is 7. The molecule has 0 unspecified atom stereocenters. The average Bonchev–Trinajstić information content (AvgIpc) is 3.08. The van der Waals surface area contributed by atoms with Gasteiger partial charge in [0.2, 0.25) is 5.91 Å². The van der Waals surface area contributed by atoms with Crippen LogP contribution in [0.3, 0.4) is 0 Å². The quantitative estimate of drug-likeness (QED) is 0.245. The molecule has 184 valence electrons. The Morgan fingerprint density at radius 1 is 1.03 bits per heavy atom. The van der Waals surface area contributed by atoms with Crippen LogP contribution in [0.15, 0.2) is 65.6 Å². The van der Waals surface area contributed by atoms with E-state index in [0.29, 0.717) is 12.3 Å². The van der Waals surface area contributed by atoms with Gasteiger partial charge in [-0.3, -0.25) is 19.3 Å². The van der Waals surface area contributed by atoms with Gasteiger partial charge in [0.25, 0.3) is 11.1 Å². The number of anilines is 1. The fraction of sp³-hybridized carbons (Fsp3) is 0.179. The zero-order valence-corrected chi connectivity index (χ0v) is 23.1. The summed E-state index contributed by atoms with van der Waals surface area (Å²) in [7, 11) is 0.